The van der Waals surface area contributed by atoms with E-state index < -0.39 is 29.6 Å². The Morgan fingerprint density at radius 2 is 1.65 bits per heavy atom. The standard InChI is InChI=1S/C32H31FN4O6/c1-18(2)36-17-24(31(39)37(32(36)40)22-9-6-20(33)7-10-22)30(38)35-21-8-11-26(19(3)14-21)43-27-12-13-34-25-16-29(42-5)28(41-4)15-23(25)27/h6-16,18,24H,17H2,1-5H3,(H,35,38). The Bertz CT molecular complexity index is 1710. The number of halogens is 1. The number of nitrogens with zero attached hydrogens (tertiary/aromatic N) is 3. The van der Waals surface area contributed by atoms with E-state index in [0.717, 1.165) is 28.0 Å². The second-order valence-corrected chi connectivity index (χ2v) is 10.3. The summed E-state index contributed by atoms with van der Waals surface area (Å²) in [7, 11) is 3.11. The third-order valence-electron chi connectivity index (χ3n) is 7.23. The van der Waals surface area contributed by atoms with Gasteiger partial charge in [0, 0.05) is 35.9 Å². The van der Waals surface area contributed by atoms with Gasteiger partial charge in [0.05, 0.1) is 25.4 Å². The van der Waals surface area contributed by atoms with E-state index in [-0.39, 0.29) is 18.3 Å². The summed E-state index contributed by atoms with van der Waals surface area (Å²) in [6, 6.07) is 14.6. The number of hydrogen-bond acceptors (Lipinski definition) is 7. The number of carbonyl (C=O) groups is 3. The Labute approximate surface area is 248 Å². The van der Waals surface area contributed by atoms with Crippen LogP contribution >= 0.6 is 0 Å². The molecule has 5 rings (SSSR count). The number of imide groups is 1. The highest BCUT2D eigenvalue weighted by Crippen LogP contribution is 2.38. The molecule has 1 aliphatic rings. The fraction of sp³-hybridized carbons (Fsp3) is 0.250. The lowest BCUT2D eigenvalue weighted by molar-refractivity contribution is -0.132. The maximum atomic E-state index is 13.5. The minimum absolute atomic E-state index is 0.0809. The number of methoxy groups -OCH3 is 2. The van der Waals surface area contributed by atoms with Crippen molar-refractivity contribution in [1.82, 2.24) is 9.88 Å². The molecule has 1 saturated heterocycles. The average Bonchev–Trinajstić information content (AvgIpc) is 2.98. The van der Waals surface area contributed by atoms with Gasteiger partial charge in [0.2, 0.25) is 11.8 Å². The van der Waals surface area contributed by atoms with E-state index in [2.05, 4.69) is 10.3 Å². The largest absolute Gasteiger partial charge is 0.493 e. The summed E-state index contributed by atoms with van der Waals surface area (Å²) in [6.07, 6.45) is 1.63. The van der Waals surface area contributed by atoms with E-state index in [1.807, 2.05) is 6.92 Å². The lowest BCUT2D eigenvalue weighted by Gasteiger charge is -2.39. The SMILES string of the molecule is COc1cc2nccc(Oc3ccc(NC(=O)C4CN(C(C)C)C(=O)N(c5ccc(F)cc5)C4=O)cc3C)c2cc1OC. The fourth-order valence-corrected chi connectivity index (χ4v) is 4.91. The monoisotopic (exact) mass is 586 g/mol. The maximum absolute atomic E-state index is 13.5. The van der Waals surface area contributed by atoms with Gasteiger partial charge in [0.15, 0.2) is 11.5 Å². The van der Waals surface area contributed by atoms with Crippen LogP contribution in [-0.2, 0) is 9.59 Å². The van der Waals surface area contributed by atoms with Gasteiger partial charge in [0.1, 0.15) is 23.2 Å². The van der Waals surface area contributed by atoms with E-state index in [4.69, 9.17) is 14.2 Å². The first-order valence-electron chi connectivity index (χ1n) is 13.6. The summed E-state index contributed by atoms with van der Waals surface area (Å²) in [5, 5.41) is 3.53. The first kappa shape index (κ1) is 29.3. The van der Waals surface area contributed by atoms with E-state index in [1.165, 1.54) is 17.0 Å². The highest BCUT2D eigenvalue weighted by Gasteiger charge is 2.44. The Morgan fingerprint density at radius 1 is 0.953 bits per heavy atom. The number of rotatable bonds is 8. The molecule has 10 nitrogen and oxygen atoms in total. The van der Waals surface area contributed by atoms with Crippen LogP contribution in [0.3, 0.4) is 0 Å². The van der Waals surface area contributed by atoms with E-state index >= 15 is 0 Å². The van der Waals surface area contributed by atoms with Crippen LogP contribution in [0.15, 0.2) is 66.9 Å². The maximum Gasteiger partial charge on any atom is 0.331 e. The molecular weight excluding hydrogens is 555 g/mol. The van der Waals surface area contributed by atoms with Crippen LogP contribution in [0.5, 0.6) is 23.0 Å². The van der Waals surface area contributed by atoms with Crippen molar-refractivity contribution in [3.8, 4) is 23.0 Å². The van der Waals surface area contributed by atoms with Gasteiger partial charge in [-0.1, -0.05) is 0 Å². The van der Waals surface area contributed by atoms with Gasteiger partial charge in [-0.05, 0) is 80.9 Å². The lowest BCUT2D eigenvalue weighted by atomic mass is 10.0. The van der Waals surface area contributed by atoms with Gasteiger partial charge >= 0.3 is 6.03 Å². The average molecular weight is 587 g/mol. The van der Waals surface area contributed by atoms with Crippen LogP contribution in [0.4, 0.5) is 20.6 Å². The molecule has 1 unspecified atom stereocenters. The molecular formula is C32H31FN4O6. The highest BCUT2D eigenvalue weighted by molar-refractivity contribution is 6.23. The van der Waals surface area contributed by atoms with Gasteiger partial charge in [-0.3, -0.25) is 14.6 Å². The number of fused-ring (bicyclic) bond motifs is 1. The summed E-state index contributed by atoms with van der Waals surface area (Å²) < 4.78 is 30.6. The molecule has 0 spiro atoms. The summed E-state index contributed by atoms with van der Waals surface area (Å²) in [5.41, 5.74) is 2.04. The van der Waals surface area contributed by atoms with E-state index in [1.54, 1.807) is 70.7 Å². The van der Waals surface area contributed by atoms with Crippen molar-refractivity contribution in [2.45, 2.75) is 26.8 Å². The number of benzene rings is 3. The Balaban J connectivity index is 1.37. The quantitative estimate of drug-likeness (QED) is 0.255. The second kappa shape index (κ2) is 12.0. The van der Waals surface area contributed by atoms with Crippen LogP contribution in [0, 0.1) is 18.7 Å². The second-order valence-electron chi connectivity index (χ2n) is 10.3. The number of carbonyl (C=O) groups excluding carboxylic acids is 3. The minimum Gasteiger partial charge on any atom is -0.493 e. The number of nitrogens with one attached hydrogen (secondary N) is 1. The minimum atomic E-state index is -1.17. The molecule has 1 fully saturated rings. The van der Waals surface area contributed by atoms with E-state index in [0.29, 0.717) is 34.2 Å². The molecule has 2 heterocycles. The van der Waals surface area contributed by atoms with Gasteiger partial charge in [-0.15, -0.1) is 0 Å². The van der Waals surface area contributed by atoms with Gasteiger partial charge in [-0.25, -0.2) is 14.1 Å². The Kier molecular flexibility index (Phi) is 8.16. The van der Waals surface area contributed by atoms with Crippen LogP contribution in [-0.4, -0.2) is 54.5 Å². The number of ether oxygens (including phenoxy) is 3. The zero-order valence-corrected chi connectivity index (χ0v) is 24.4. The molecule has 0 saturated carbocycles. The molecule has 222 valence electrons. The van der Waals surface area contributed by atoms with Crippen LogP contribution in [0.25, 0.3) is 10.9 Å². The zero-order valence-electron chi connectivity index (χ0n) is 24.4. The number of aryl methyl sites for hydroxylation is 1. The van der Waals surface area contributed by atoms with Gasteiger partial charge in [-0.2, -0.15) is 0 Å². The molecule has 43 heavy (non-hydrogen) atoms. The number of aromatic nitrogens is 1. The fourth-order valence-electron chi connectivity index (χ4n) is 4.91. The van der Waals surface area contributed by atoms with Crippen molar-refractivity contribution < 1.29 is 33.0 Å². The molecule has 1 atom stereocenters. The van der Waals surface area contributed by atoms with Crippen LogP contribution in [0.1, 0.15) is 19.4 Å². The third kappa shape index (κ3) is 5.78. The summed E-state index contributed by atoms with van der Waals surface area (Å²) >= 11 is 0. The first-order chi connectivity index (χ1) is 20.6. The molecule has 1 aromatic heterocycles. The van der Waals surface area contributed by atoms with Crippen molar-refractivity contribution in [2.75, 3.05) is 31.0 Å². The Hall–Kier alpha value is -5.19. The Morgan fingerprint density at radius 3 is 2.30 bits per heavy atom. The molecule has 11 heteroatoms. The van der Waals surface area contributed by atoms with Crippen molar-refractivity contribution in [1.29, 1.82) is 0 Å². The lowest BCUT2D eigenvalue weighted by Crippen LogP contribution is -2.61. The normalized spacial score (nSPS) is 15.2. The summed E-state index contributed by atoms with van der Waals surface area (Å²) in [5.74, 6) is -0.730. The van der Waals surface area contributed by atoms with Crippen molar-refractivity contribution >= 4 is 40.1 Å². The van der Waals surface area contributed by atoms with E-state index in [9.17, 15) is 18.8 Å². The summed E-state index contributed by atoms with van der Waals surface area (Å²) in [6.45, 7) is 5.35. The van der Waals surface area contributed by atoms with Crippen LogP contribution < -0.4 is 24.4 Å². The number of amides is 4. The molecule has 4 aromatic rings. The first-order valence-corrected chi connectivity index (χ1v) is 13.6. The highest BCUT2D eigenvalue weighted by atomic mass is 19.1. The smallest absolute Gasteiger partial charge is 0.331 e. The molecule has 0 bridgehead atoms. The molecule has 1 aliphatic heterocycles. The zero-order chi connectivity index (χ0) is 30.8. The summed E-state index contributed by atoms with van der Waals surface area (Å²) in [4.78, 5) is 46.8. The van der Waals surface area contributed by atoms with Crippen LogP contribution in [0.2, 0.25) is 0 Å². The van der Waals surface area contributed by atoms with Crippen molar-refractivity contribution in [2.24, 2.45) is 5.92 Å². The number of pyridine rings is 1. The molecule has 0 radical (unpaired) electrons. The van der Waals surface area contributed by atoms with Gasteiger partial charge in [0.25, 0.3) is 0 Å². The molecule has 0 aliphatic carbocycles. The topological polar surface area (TPSA) is 110 Å². The molecule has 4 amide bonds. The van der Waals surface area contributed by atoms with Gasteiger partial charge < -0.3 is 24.4 Å². The predicted octanol–water partition coefficient (Wildman–Crippen LogP) is 5.92. The van der Waals surface area contributed by atoms with Crippen molar-refractivity contribution in [3.63, 3.8) is 0 Å². The number of anilines is 2. The number of urea groups is 1. The predicted molar refractivity (Wildman–Crippen MR) is 159 cm³/mol. The molecule has 3 aromatic carbocycles. The van der Waals surface area contributed by atoms with Crippen molar-refractivity contribution in [3.05, 3.63) is 78.2 Å². The third-order valence-corrected chi connectivity index (χ3v) is 7.23. The molecule has 1 N–H and O–H groups in total. The number of hydrogen-bond donors (Lipinski definition) is 1.